The Morgan fingerprint density at radius 2 is 1.65 bits per heavy atom. The molecule has 0 fully saturated rings. The Kier molecular flexibility index (Phi) is 9.96. The van der Waals surface area contributed by atoms with Gasteiger partial charge in [0.25, 0.3) is 0 Å². The molecule has 0 spiro atoms. The van der Waals surface area contributed by atoms with Gasteiger partial charge in [0.2, 0.25) is 0 Å². The van der Waals surface area contributed by atoms with E-state index in [0.717, 1.165) is 16.7 Å². The lowest BCUT2D eigenvalue weighted by molar-refractivity contribution is -0.139. The van der Waals surface area contributed by atoms with Crippen LogP contribution in [0.4, 0.5) is 9.59 Å². The summed E-state index contributed by atoms with van der Waals surface area (Å²) in [6.07, 6.45) is -0.719. The molecule has 0 bridgehead atoms. The molecule has 0 radical (unpaired) electrons. The molecule has 8 nitrogen and oxygen atoms in total. The molecule has 8 heteroatoms. The lowest BCUT2D eigenvalue weighted by atomic mass is 10.0. The van der Waals surface area contributed by atoms with Gasteiger partial charge in [-0.05, 0) is 44.0 Å². The maximum atomic E-state index is 11.9. The van der Waals surface area contributed by atoms with Gasteiger partial charge in [-0.15, -0.1) is 0 Å². The predicted molar refractivity (Wildman–Crippen MR) is 127 cm³/mol. The van der Waals surface area contributed by atoms with Gasteiger partial charge in [0.1, 0.15) is 18.2 Å². The van der Waals surface area contributed by atoms with Gasteiger partial charge in [-0.1, -0.05) is 54.3 Å². The fraction of sp³-hybridized carbons (Fsp3) is 0.346. The molecule has 3 N–H and O–H groups in total. The maximum absolute atomic E-state index is 11.9. The molecule has 0 unspecified atom stereocenters. The number of benzene rings is 2. The van der Waals surface area contributed by atoms with Crippen molar-refractivity contribution >= 4 is 18.2 Å². The quantitative estimate of drug-likeness (QED) is 0.402. The number of carbonyl (C=O) groups is 3. The third kappa shape index (κ3) is 10.6. The van der Waals surface area contributed by atoms with E-state index in [9.17, 15) is 19.5 Å². The smallest absolute Gasteiger partial charge is 0.408 e. The molecule has 0 saturated carbocycles. The largest absolute Gasteiger partial charge is 0.480 e. The molecular formula is C26H30N2O6. The molecule has 0 aliphatic carbocycles. The molecule has 2 amide bonds. The minimum absolute atomic E-state index is 0.108. The summed E-state index contributed by atoms with van der Waals surface area (Å²) in [5.74, 6) is 4.81. The molecule has 2 aromatic carbocycles. The molecule has 180 valence electrons. The lowest BCUT2D eigenvalue weighted by Gasteiger charge is -2.22. The SMILES string of the molecule is CC(C)(C)OC(=O)N[C@@H](Cc1ccc(C#CCCNC(=O)OCc2ccccc2)cc1)C(=O)O. The molecule has 2 aromatic rings. The monoisotopic (exact) mass is 466 g/mol. The van der Waals surface area contributed by atoms with E-state index in [0.29, 0.717) is 13.0 Å². The Bertz CT molecular complexity index is 1020. The first kappa shape index (κ1) is 26.3. The topological polar surface area (TPSA) is 114 Å². The van der Waals surface area contributed by atoms with Crippen LogP contribution in [-0.4, -0.2) is 41.4 Å². The normalized spacial score (nSPS) is 11.4. The average molecular weight is 467 g/mol. The van der Waals surface area contributed by atoms with Crippen molar-refractivity contribution in [3.63, 3.8) is 0 Å². The molecule has 0 saturated heterocycles. The minimum Gasteiger partial charge on any atom is -0.480 e. The highest BCUT2D eigenvalue weighted by Gasteiger charge is 2.24. The lowest BCUT2D eigenvalue weighted by Crippen LogP contribution is -2.44. The van der Waals surface area contributed by atoms with E-state index < -0.39 is 29.8 Å². The van der Waals surface area contributed by atoms with Gasteiger partial charge >= 0.3 is 18.2 Å². The maximum Gasteiger partial charge on any atom is 0.408 e. The minimum atomic E-state index is -1.15. The van der Waals surface area contributed by atoms with Crippen molar-refractivity contribution < 1.29 is 29.0 Å². The van der Waals surface area contributed by atoms with Crippen molar-refractivity contribution in [2.45, 2.75) is 51.9 Å². The molecule has 34 heavy (non-hydrogen) atoms. The second-order valence-corrected chi connectivity index (χ2v) is 8.48. The number of hydrogen-bond acceptors (Lipinski definition) is 5. The first-order valence-corrected chi connectivity index (χ1v) is 10.9. The fourth-order valence-corrected chi connectivity index (χ4v) is 2.78. The summed E-state index contributed by atoms with van der Waals surface area (Å²) < 4.78 is 10.3. The fourth-order valence-electron chi connectivity index (χ4n) is 2.78. The van der Waals surface area contributed by atoms with Crippen molar-refractivity contribution in [2.75, 3.05) is 6.54 Å². The van der Waals surface area contributed by atoms with Crippen LogP contribution < -0.4 is 10.6 Å². The van der Waals surface area contributed by atoms with Crippen LogP contribution >= 0.6 is 0 Å². The van der Waals surface area contributed by atoms with Gasteiger partial charge in [0.05, 0.1) is 0 Å². The van der Waals surface area contributed by atoms with Crippen LogP contribution in [0.2, 0.25) is 0 Å². The van der Waals surface area contributed by atoms with Crippen LogP contribution in [-0.2, 0) is 27.3 Å². The Morgan fingerprint density at radius 3 is 2.26 bits per heavy atom. The van der Waals surface area contributed by atoms with Crippen LogP contribution in [0.25, 0.3) is 0 Å². The summed E-state index contributed by atoms with van der Waals surface area (Å²) in [5.41, 5.74) is 1.68. The van der Waals surface area contributed by atoms with Crippen molar-refractivity contribution in [3.05, 3.63) is 71.3 Å². The molecule has 0 aliphatic rings. The van der Waals surface area contributed by atoms with Crippen LogP contribution in [0, 0.1) is 11.8 Å². The zero-order valence-electron chi connectivity index (χ0n) is 19.6. The van der Waals surface area contributed by atoms with Gasteiger partial charge in [0, 0.05) is 24.9 Å². The van der Waals surface area contributed by atoms with Gasteiger partial charge in [-0.2, -0.15) is 0 Å². The Labute approximate surface area is 199 Å². The number of alkyl carbamates (subject to hydrolysis) is 2. The number of amides is 2. The first-order chi connectivity index (χ1) is 16.1. The van der Waals surface area contributed by atoms with Crippen molar-refractivity contribution in [3.8, 4) is 11.8 Å². The number of carboxylic acids is 1. The number of aliphatic carboxylic acids is 1. The predicted octanol–water partition coefficient (Wildman–Crippen LogP) is 3.88. The van der Waals surface area contributed by atoms with E-state index in [2.05, 4.69) is 22.5 Å². The number of nitrogens with one attached hydrogen (secondary N) is 2. The summed E-state index contributed by atoms with van der Waals surface area (Å²) in [4.78, 5) is 35.1. The van der Waals surface area contributed by atoms with Crippen molar-refractivity contribution in [1.82, 2.24) is 10.6 Å². The molecular weight excluding hydrogens is 436 g/mol. The van der Waals surface area contributed by atoms with E-state index in [1.165, 1.54) is 0 Å². The number of rotatable bonds is 8. The summed E-state index contributed by atoms with van der Waals surface area (Å²) in [5, 5.41) is 14.4. The average Bonchev–Trinajstić information content (AvgIpc) is 2.77. The molecule has 0 aromatic heterocycles. The number of hydrogen-bond donors (Lipinski definition) is 3. The standard InChI is InChI=1S/C26H30N2O6/c1-26(2,3)34-25(32)28-22(23(29)30)17-20-14-12-19(13-15-20)9-7-8-16-27-24(31)33-18-21-10-5-4-6-11-21/h4-6,10-15,22H,8,16-18H2,1-3H3,(H,27,31)(H,28,32)(H,29,30)/t22-/m0/s1. The number of carboxylic acid groups (broad SMARTS) is 1. The van der Waals surface area contributed by atoms with Gasteiger partial charge in [-0.25, -0.2) is 14.4 Å². The zero-order chi connectivity index (χ0) is 25.0. The zero-order valence-corrected chi connectivity index (χ0v) is 19.6. The number of carbonyl (C=O) groups excluding carboxylic acids is 2. The second-order valence-electron chi connectivity index (χ2n) is 8.48. The Balaban J connectivity index is 1.76. The van der Waals surface area contributed by atoms with Crippen LogP contribution in [0.15, 0.2) is 54.6 Å². The Morgan fingerprint density at radius 1 is 0.971 bits per heavy atom. The summed E-state index contributed by atoms with van der Waals surface area (Å²) in [6.45, 7) is 5.68. The van der Waals surface area contributed by atoms with E-state index in [1.807, 2.05) is 30.3 Å². The molecule has 2 rings (SSSR count). The van der Waals surface area contributed by atoms with E-state index in [-0.39, 0.29) is 13.0 Å². The highest BCUT2D eigenvalue weighted by Crippen LogP contribution is 2.10. The third-order valence-electron chi connectivity index (χ3n) is 4.35. The first-order valence-electron chi connectivity index (χ1n) is 10.9. The van der Waals surface area contributed by atoms with Gasteiger partial charge in [-0.3, -0.25) is 0 Å². The van der Waals surface area contributed by atoms with Gasteiger partial charge in [0.15, 0.2) is 0 Å². The third-order valence-corrected chi connectivity index (χ3v) is 4.35. The van der Waals surface area contributed by atoms with E-state index >= 15 is 0 Å². The van der Waals surface area contributed by atoms with Gasteiger partial charge < -0.3 is 25.2 Å². The van der Waals surface area contributed by atoms with Crippen molar-refractivity contribution in [2.24, 2.45) is 0 Å². The number of ether oxygens (including phenoxy) is 2. The molecule has 1 atom stereocenters. The molecule has 0 heterocycles. The van der Waals surface area contributed by atoms with Crippen LogP contribution in [0.5, 0.6) is 0 Å². The van der Waals surface area contributed by atoms with E-state index in [1.54, 1.807) is 45.0 Å². The van der Waals surface area contributed by atoms with Crippen LogP contribution in [0.1, 0.15) is 43.9 Å². The highest BCUT2D eigenvalue weighted by molar-refractivity contribution is 5.80. The van der Waals surface area contributed by atoms with Crippen molar-refractivity contribution in [1.29, 1.82) is 0 Å². The highest BCUT2D eigenvalue weighted by atomic mass is 16.6. The van der Waals surface area contributed by atoms with Crippen LogP contribution in [0.3, 0.4) is 0 Å². The summed E-state index contributed by atoms with van der Waals surface area (Å²) >= 11 is 0. The summed E-state index contributed by atoms with van der Waals surface area (Å²) in [7, 11) is 0. The Hall–Kier alpha value is -3.99. The second kappa shape index (κ2) is 12.9. The van der Waals surface area contributed by atoms with E-state index in [4.69, 9.17) is 9.47 Å². The summed E-state index contributed by atoms with van der Waals surface area (Å²) in [6, 6.07) is 15.4. The molecule has 0 aliphatic heterocycles.